The van der Waals surface area contributed by atoms with Gasteiger partial charge in [-0.3, -0.25) is 9.59 Å². The van der Waals surface area contributed by atoms with Crippen LogP contribution in [-0.4, -0.2) is 18.0 Å². The van der Waals surface area contributed by atoms with Crippen LogP contribution in [0.25, 0.3) is 0 Å². The summed E-state index contributed by atoms with van der Waals surface area (Å²) in [6.45, 7) is 0.592. The molecule has 0 heterocycles. The second-order valence-corrected chi connectivity index (χ2v) is 1.83. The minimum Gasteiger partial charge on any atom is -0.295 e. The van der Waals surface area contributed by atoms with Crippen molar-refractivity contribution in [3.8, 4) is 0 Å². The Kier molecular flexibility index (Phi) is 2.42. The molecule has 0 saturated heterocycles. The van der Waals surface area contributed by atoms with Crippen LogP contribution in [0.2, 0.25) is 0 Å². The molecule has 0 aromatic heterocycles. The van der Waals surface area contributed by atoms with Gasteiger partial charge in [0.15, 0.2) is 6.29 Å². The molecule has 0 aromatic carbocycles. The Hall–Kier alpha value is -0.800. The van der Waals surface area contributed by atoms with Crippen LogP contribution in [0.3, 0.4) is 0 Å². The number of carbonyl (C=O) groups is 2. The van der Waals surface area contributed by atoms with Crippen LogP contribution >= 0.6 is 0 Å². The average Bonchev–Trinajstić information content (AvgIpc) is 1.62. The van der Waals surface area contributed by atoms with Gasteiger partial charge in [0.1, 0.15) is 0 Å². The topological polar surface area (TPSA) is 34.1 Å². The van der Waals surface area contributed by atoms with Gasteiger partial charge in [-0.15, -0.1) is 0 Å². The largest absolute Gasteiger partial charge is 0.295 e. The maximum Gasteiger partial charge on any atom is 0.252 e. The fourth-order valence-electron chi connectivity index (χ4n) is 0.348. The van der Waals surface area contributed by atoms with E-state index in [-0.39, 0.29) is 6.29 Å². The molecule has 9 heavy (non-hydrogen) atoms. The lowest BCUT2D eigenvalue weighted by Gasteiger charge is -2.04. The predicted molar refractivity (Wildman–Crippen MR) is 26.3 cm³/mol. The summed E-state index contributed by atoms with van der Waals surface area (Å²) in [6, 6.07) is 0. The number of hydrogen-bond acceptors (Lipinski definition) is 2. The lowest BCUT2D eigenvalue weighted by atomic mass is 10.2. The van der Waals surface area contributed by atoms with Gasteiger partial charge in [-0.25, -0.2) is 8.78 Å². The molecule has 2 nitrogen and oxygen atoms in total. The van der Waals surface area contributed by atoms with Gasteiger partial charge in [0.2, 0.25) is 5.78 Å². The molecule has 0 fully saturated rings. The second kappa shape index (κ2) is 2.66. The standard InChI is InChI=1S/C5H6F2O2/c1-5(6,7)2-4(9)3-8/h3H,2H2,1H3. The number of ketones is 1. The summed E-state index contributed by atoms with van der Waals surface area (Å²) in [5, 5.41) is 0. The van der Waals surface area contributed by atoms with Crippen LogP contribution in [0, 0.1) is 0 Å². The molecule has 0 aliphatic heterocycles. The van der Waals surface area contributed by atoms with Crippen molar-refractivity contribution in [1.29, 1.82) is 0 Å². The van der Waals surface area contributed by atoms with E-state index in [2.05, 4.69) is 0 Å². The van der Waals surface area contributed by atoms with Crippen molar-refractivity contribution in [3.63, 3.8) is 0 Å². The van der Waals surface area contributed by atoms with E-state index in [1.54, 1.807) is 0 Å². The van der Waals surface area contributed by atoms with Crippen LogP contribution in [0.4, 0.5) is 8.78 Å². The van der Waals surface area contributed by atoms with Crippen LogP contribution in [0.5, 0.6) is 0 Å². The van der Waals surface area contributed by atoms with Gasteiger partial charge in [-0.1, -0.05) is 0 Å². The van der Waals surface area contributed by atoms with Gasteiger partial charge in [0, 0.05) is 0 Å². The van der Waals surface area contributed by atoms with Crippen molar-refractivity contribution in [2.75, 3.05) is 0 Å². The van der Waals surface area contributed by atoms with Gasteiger partial charge in [-0.05, 0) is 6.92 Å². The van der Waals surface area contributed by atoms with Gasteiger partial charge < -0.3 is 0 Å². The minimum atomic E-state index is -3.06. The van der Waals surface area contributed by atoms with E-state index in [9.17, 15) is 18.4 Å². The van der Waals surface area contributed by atoms with Crippen molar-refractivity contribution < 1.29 is 18.4 Å². The Morgan fingerprint density at radius 1 is 1.67 bits per heavy atom. The molecule has 0 atom stereocenters. The molecular weight excluding hydrogens is 130 g/mol. The van der Waals surface area contributed by atoms with Crippen molar-refractivity contribution in [2.24, 2.45) is 0 Å². The summed E-state index contributed by atoms with van der Waals surface area (Å²) in [7, 11) is 0. The van der Waals surface area contributed by atoms with Crippen molar-refractivity contribution in [3.05, 3.63) is 0 Å². The Morgan fingerprint density at radius 3 is 2.22 bits per heavy atom. The zero-order chi connectivity index (χ0) is 7.49. The third-order valence-electron chi connectivity index (χ3n) is 0.616. The predicted octanol–water partition coefficient (Wildman–Crippen LogP) is 0.800. The Bertz CT molecular complexity index is 125. The molecule has 0 unspecified atom stereocenters. The lowest BCUT2D eigenvalue weighted by Crippen LogP contribution is -2.16. The Labute approximate surface area is 50.9 Å². The van der Waals surface area contributed by atoms with Crippen molar-refractivity contribution in [1.82, 2.24) is 0 Å². The number of alkyl halides is 2. The first-order valence-electron chi connectivity index (χ1n) is 2.31. The van der Waals surface area contributed by atoms with E-state index in [4.69, 9.17) is 0 Å². The fourth-order valence-corrected chi connectivity index (χ4v) is 0.348. The van der Waals surface area contributed by atoms with E-state index in [1.807, 2.05) is 0 Å². The van der Waals surface area contributed by atoms with Gasteiger partial charge in [0.25, 0.3) is 5.92 Å². The number of rotatable bonds is 3. The van der Waals surface area contributed by atoms with E-state index in [0.29, 0.717) is 6.92 Å². The second-order valence-electron chi connectivity index (χ2n) is 1.83. The molecule has 0 rings (SSSR count). The first-order chi connectivity index (χ1) is 3.95. The van der Waals surface area contributed by atoms with Crippen LogP contribution in [-0.2, 0) is 9.59 Å². The highest BCUT2D eigenvalue weighted by molar-refractivity contribution is 6.25. The normalized spacial score (nSPS) is 11.0. The first kappa shape index (κ1) is 8.20. The summed E-state index contributed by atoms with van der Waals surface area (Å²) < 4.78 is 23.6. The van der Waals surface area contributed by atoms with Crippen LogP contribution in [0.15, 0.2) is 0 Å². The van der Waals surface area contributed by atoms with Gasteiger partial charge in [-0.2, -0.15) is 0 Å². The zero-order valence-electron chi connectivity index (χ0n) is 4.86. The minimum absolute atomic E-state index is 0.0998. The maximum absolute atomic E-state index is 11.8. The first-order valence-corrected chi connectivity index (χ1v) is 2.31. The fraction of sp³-hybridized carbons (Fsp3) is 0.600. The molecular formula is C5H6F2O2. The summed E-state index contributed by atoms with van der Waals surface area (Å²) in [5.74, 6) is -4.12. The zero-order valence-corrected chi connectivity index (χ0v) is 4.86. The molecule has 0 bridgehead atoms. The number of halogens is 2. The molecule has 0 aliphatic carbocycles. The van der Waals surface area contributed by atoms with E-state index in [1.165, 1.54) is 0 Å². The monoisotopic (exact) mass is 136 g/mol. The summed E-state index contributed by atoms with van der Waals surface area (Å²) in [5.41, 5.74) is 0. The van der Waals surface area contributed by atoms with Crippen LogP contribution < -0.4 is 0 Å². The number of Topliss-reactive ketones (excluding diaryl/α,β-unsaturated/α-hetero) is 1. The summed E-state index contributed by atoms with van der Waals surface area (Å²) in [4.78, 5) is 19.5. The number of carbonyl (C=O) groups excluding carboxylic acids is 2. The van der Waals surface area contributed by atoms with Crippen molar-refractivity contribution >= 4 is 12.1 Å². The lowest BCUT2D eigenvalue weighted by molar-refractivity contribution is -0.134. The molecule has 0 amide bonds. The molecule has 4 heteroatoms. The highest BCUT2D eigenvalue weighted by Gasteiger charge is 2.24. The highest BCUT2D eigenvalue weighted by atomic mass is 19.3. The third kappa shape index (κ3) is 5.06. The third-order valence-corrected chi connectivity index (χ3v) is 0.616. The van der Waals surface area contributed by atoms with Crippen molar-refractivity contribution in [2.45, 2.75) is 19.3 Å². The average molecular weight is 136 g/mol. The molecule has 52 valence electrons. The molecule has 0 radical (unpaired) electrons. The SMILES string of the molecule is CC(F)(F)CC(=O)C=O. The smallest absolute Gasteiger partial charge is 0.252 e. The van der Waals surface area contributed by atoms with E-state index in [0.717, 1.165) is 0 Å². The molecule has 0 saturated carbocycles. The number of aldehydes is 1. The highest BCUT2D eigenvalue weighted by Crippen LogP contribution is 2.15. The Balaban J connectivity index is 3.74. The van der Waals surface area contributed by atoms with Crippen LogP contribution in [0.1, 0.15) is 13.3 Å². The quantitative estimate of drug-likeness (QED) is 0.424. The maximum atomic E-state index is 11.8. The molecule has 0 spiro atoms. The summed E-state index contributed by atoms with van der Waals surface area (Å²) in [6.07, 6.45) is -1.09. The molecule has 0 N–H and O–H groups in total. The Morgan fingerprint density at radius 2 is 2.11 bits per heavy atom. The molecule has 0 aliphatic rings. The summed E-state index contributed by atoms with van der Waals surface area (Å²) >= 11 is 0. The molecule has 0 aromatic rings. The van der Waals surface area contributed by atoms with Gasteiger partial charge >= 0.3 is 0 Å². The van der Waals surface area contributed by atoms with Gasteiger partial charge in [0.05, 0.1) is 6.42 Å². The van der Waals surface area contributed by atoms with E-state index < -0.39 is 18.1 Å². The van der Waals surface area contributed by atoms with E-state index >= 15 is 0 Å². The number of hydrogen-bond donors (Lipinski definition) is 0.